The Morgan fingerprint density at radius 1 is 1.59 bits per heavy atom. The molecule has 2 rings (SSSR count). The van der Waals surface area contributed by atoms with E-state index in [0.717, 1.165) is 12.8 Å². The largest absolute Gasteiger partial charge is 0.476 e. The third kappa shape index (κ3) is 3.24. The van der Waals surface area contributed by atoms with Gasteiger partial charge in [-0.25, -0.2) is 22.9 Å². The fraction of sp³-hybridized carbons (Fsp3) is 0.556. The summed E-state index contributed by atoms with van der Waals surface area (Å²) in [7, 11) is -3.16. The first kappa shape index (κ1) is 12.5. The van der Waals surface area contributed by atoms with Crippen LogP contribution in [0.25, 0.3) is 0 Å². The highest BCUT2D eigenvalue weighted by atomic mass is 32.2. The summed E-state index contributed by atoms with van der Waals surface area (Å²) >= 11 is 1.23. The zero-order valence-corrected chi connectivity index (χ0v) is 10.6. The van der Waals surface area contributed by atoms with Crippen LogP contribution in [0.2, 0.25) is 0 Å². The number of carboxylic acids is 1. The number of sulfonamides is 1. The van der Waals surface area contributed by atoms with Gasteiger partial charge in [0.2, 0.25) is 10.0 Å². The molecule has 8 heteroatoms. The first-order chi connectivity index (χ1) is 7.99. The van der Waals surface area contributed by atoms with Crippen molar-refractivity contribution in [1.29, 1.82) is 0 Å². The van der Waals surface area contributed by atoms with Gasteiger partial charge in [0.15, 0.2) is 5.69 Å². The summed E-state index contributed by atoms with van der Waals surface area (Å²) in [5.74, 6) is -1.06. The average molecular weight is 276 g/mol. The van der Waals surface area contributed by atoms with Gasteiger partial charge in [0.25, 0.3) is 0 Å². The first-order valence-electron chi connectivity index (χ1n) is 5.15. The number of hydrogen-bond acceptors (Lipinski definition) is 5. The molecule has 1 fully saturated rings. The highest BCUT2D eigenvalue weighted by Gasteiger charge is 2.35. The zero-order chi connectivity index (χ0) is 12.5. The minimum Gasteiger partial charge on any atom is -0.476 e. The van der Waals surface area contributed by atoms with Gasteiger partial charge in [-0.15, -0.1) is 11.3 Å². The Morgan fingerprint density at radius 2 is 2.29 bits per heavy atom. The van der Waals surface area contributed by atoms with Crippen molar-refractivity contribution in [2.24, 2.45) is 0 Å². The molecule has 0 aliphatic heterocycles. The van der Waals surface area contributed by atoms with Gasteiger partial charge < -0.3 is 5.11 Å². The maximum absolute atomic E-state index is 11.5. The second kappa shape index (κ2) is 4.71. The Hall–Kier alpha value is -0.990. The van der Waals surface area contributed by atoms with E-state index in [0.29, 0.717) is 11.4 Å². The van der Waals surface area contributed by atoms with Crippen LogP contribution in [0.15, 0.2) is 5.38 Å². The number of aromatic carboxylic acids is 1. The molecule has 0 bridgehead atoms. The predicted octanol–water partition coefficient (Wildman–Crippen LogP) is 0.466. The molecule has 1 aliphatic rings. The van der Waals surface area contributed by atoms with Crippen LogP contribution in [0.4, 0.5) is 0 Å². The molecule has 0 aromatic carbocycles. The Labute approximate surface area is 103 Å². The van der Waals surface area contributed by atoms with Crippen molar-refractivity contribution >= 4 is 27.3 Å². The van der Waals surface area contributed by atoms with Crippen LogP contribution in [-0.4, -0.2) is 36.3 Å². The van der Waals surface area contributed by atoms with E-state index in [1.54, 1.807) is 0 Å². The summed E-state index contributed by atoms with van der Waals surface area (Å²) in [4.78, 5) is 14.5. The lowest BCUT2D eigenvalue weighted by molar-refractivity contribution is 0.0691. The second-order valence-corrected chi connectivity index (χ2v) is 6.81. The molecule has 0 saturated heterocycles. The van der Waals surface area contributed by atoms with E-state index in [4.69, 9.17) is 5.11 Å². The molecule has 0 radical (unpaired) electrons. The SMILES string of the molecule is O=C(O)c1csc(CCNS(=O)(=O)C2CC2)n1. The quantitative estimate of drug-likeness (QED) is 0.787. The molecule has 6 nitrogen and oxygen atoms in total. The van der Waals surface area contributed by atoms with Crippen molar-refractivity contribution in [3.8, 4) is 0 Å². The van der Waals surface area contributed by atoms with Crippen LogP contribution in [0.5, 0.6) is 0 Å². The summed E-state index contributed by atoms with van der Waals surface area (Å²) in [6, 6.07) is 0. The topological polar surface area (TPSA) is 96.4 Å². The van der Waals surface area contributed by atoms with Crippen LogP contribution >= 0.6 is 11.3 Å². The number of carbonyl (C=O) groups is 1. The summed E-state index contributed by atoms with van der Waals surface area (Å²) in [5, 5.41) is 10.5. The molecule has 2 N–H and O–H groups in total. The summed E-state index contributed by atoms with van der Waals surface area (Å²) in [6.45, 7) is 0.269. The van der Waals surface area contributed by atoms with E-state index in [9.17, 15) is 13.2 Å². The fourth-order valence-electron chi connectivity index (χ4n) is 1.32. The summed E-state index contributed by atoms with van der Waals surface area (Å²) in [5.41, 5.74) is 0.00931. The summed E-state index contributed by atoms with van der Waals surface area (Å²) < 4.78 is 25.4. The van der Waals surface area contributed by atoms with Crippen LogP contribution in [0, 0.1) is 0 Å². The van der Waals surface area contributed by atoms with Gasteiger partial charge in [0.1, 0.15) is 0 Å². The standard InChI is InChI=1S/C9H12N2O4S2/c12-9(13)7-5-16-8(11-7)3-4-10-17(14,15)6-1-2-6/h5-6,10H,1-4H2,(H,12,13). The molecule has 0 unspecified atom stereocenters. The van der Waals surface area contributed by atoms with Gasteiger partial charge >= 0.3 is 5.97 Å². The number of rotatable bonds is 6. The zero-order valence-electron chi connectivity index (χ0n) is 8.92. The lowest BCUT2D eigenvalue weighted by Crippen LogP contribution is -2.29. The van der Waals surface area contributed by atoms with Crippen LogP contribution in [0.3, 0.4) is 0 Å². The first-order valence-corrected chi connectivity index (χ1v) is 7.58. The lowest BCUT2D eigenvalue weighted by Gasteiger charge is -2.03. The molecule has 1 heterocycles. The molecule has 1 aromatic rings. The number of carboxylic acid groups (broad SMARTS) is 1. The predicted molar refractivity (Wildman–Crippen MR) is 62.7 cm³/mol. The number of aromatic nitrogens is 1. The van der Waals surface area contributed by atoms with E-state index >= 15 is 0 Å². The molecular weight excluding hydrogens is 264 g/mol. The van der Waals surface area contributed by atoms with E-state index in [-0.39, 0.29) is 17.5 Å². The third-order valence-electron chi connectivity index (χ3n) is 2.38. The van der Waals surface area contributed by atoms with Crippen LogP contribution in [-0.2, 0) is 16.4 Å². The van der Waals surface area contributed by atoms with Crippen LogP contribution < -0.4 is 4.72 Å². The molecular formula is C9H12N2O4S2. The third-order valence-corrected chi connectivity index (χ3v) is 5.24. The number of hydrogen-bond donors (Lipinski definition) is 2. The van der Waals surface area contributed by atoms with E-state index in [1.165, 1.54) is 16.7 Å². The Kier molecular flexibility index (Phi) is 3.45. The fourth-order valence-corrected chi connectivity index (χ4v) is 3.47. The highest BCUT2D eigenvalue weighted by Crippen LogP contribution is 2.27. The molecule has 1 aliphatic carbocycles. The number of nitrogens with zero attached hydrogens (tertiary/aromatic N) is 1. The second-order valence-electron chi connectivity index (χ2n) is 3.82. The lowest BCUT2D eigenvalue weighted by atomic mass is 10.4. The van der Waals surface area contributed by atoms with Gasteiger partial charge in [0, 0.05) is 18.3 Å². The highest BCUT2D eigenvalue weighted by molar-refractivity contribution is 7.90. The normalized spacial score (nSPS) is 16.0. The minimum absolute atomic E-state index is 0.00931. The van der Waals surface area contributed by atoms with Crippen molar-refractivity contribution in [1.82, 2.24) is 9.71 Å². The molecule has 0 atom stereocenters. The van der Waals surface area contributed by atoms with Gasteiger partial charge in [-0.3, -0.25) is 0 Å². The Morgan fingerprint density at radius 3 is 2.82 bits per heavy atom. The smallest absolute Gasteiger partial charge is 0.355 e. The molecule has 1 aromatic heterocycles. The van der Waals surface area contributed by atoms with E-state index in [2.05, 4.69) is 9.71 Å². The van der Waals surface area contributed by atoms with Crippen molar-refractivity contribution in [2.75, 3.05) is 6.54 Å². The van der Waals surface area contributed by atoms with Gasteiger partial charge in [-0.1, -0.05) is 0 Å². The van der Waals surface area contributed by atoms with Crippen molar-refractivity contribution in [3.05, 3.63) is 16.1 Å². The average Bonchev–Trinajstić information content (AvgIpc) is 3.00. The van der Waals surface area contributed by atoms with Gasteiger partial charge in [-0.2, -0.15) is 0 Å². The molecule has 94 valence electrons. The van der Waals surface area contributed by atoms with Crippen molar-refractivity contribution < 1.29 is 18.3 Å². The number of nitrogens with one attached hydrogen (secondary N) is 1. The molecule has 17 heavy (non-hydrogen) atoms. The molecule has 0 amide bonds. The van der Waals surface area contributed by atoms with Crippen LogP contribution in [0.1, 0.15) is 28.3 Å². The van der Waals surface area contributed by atoms with Crippen molar-refractivity contribution in [2.45, 2.75) is 24.5 Å². The summed E-state index contributed by atoms with van der Waals surface area (Å²) in [6.07, 6.45) is 1.88. The Balaban J connectivity index is 1.83. The maximum Gasteiger partial charge on any atom is 0.355 e. The van der Waals surface area contributed by atoms with Gasteiger partial charge in [-0.05, 0) is 12.8 Å². The van der Waals surface area contributed by atoms with Crippen molar-refractivity contribution in [3.63, 3.8) is 0 Å². The number of thiazole rings is 1. The minimum atomic E-state index is -3.16. The molecule has 1 saturated carbocycles. The monoisotopic (exact) mass is 276 g/mol. The molecule has 0 spiro atoms. The van der Waals surface area contributed by atoms with E-state index in [1.807, 2.05) is 0 Å². The maximum atomic E-state index is 11.5. The Bertz CT molecular complexity index is 519. The van der Waals surface area contributed by atoms with E-state index < -0.39 is 16.0 Å². The van der Waals surface area contributed by atoms with Gasteiger partial charge in [0.05, 0.1) is 10.3 Å².